The quantitative estimate of drug-likeness (QED) is 0.875. The molecule has 1 aromatic heterocycles. The highest BCUT2D eigenvalue weighted by Crippen LogP contribution is 2.39. The number of primary amides is 1. The Balaban J connectivity index is 1.79. The molecule has 2 aliphatic heterocycles. The Hall–Kier alpha value is -1.40. The fourth-order valence-corrected chi connectivity index (χ4v) is 4.71. The van der Waals surface area contributed by atoms with Gasteiger partial charge in [-0.1, -0.05) is 22.4 Å². The number of nitrogens with zero attached hydrogens (tertiary/aromatic N) is 3. The summed E-state index contributed by atoms with van der Waals surface area (Å²) in [4.78, 5) is 14.3. The van der Waals surface area contributed by atoms with Crippen LogP contribution in [-0.4, -0.2) is 39.7 Å². The highest BCUT2D eigenvalue weighted by molar-refractivity contribution is 9.10. The average Bonchev–Trinajstić information content (AvgIpc) is 2.86. The molecule has 0 spiro atoms. The highest BCUT2D eigenvalue weighted by Gasteiger charge is 2.37. The smallest absolute Gasteiger partial charge is 0.269 e. The van der Waals surface area contributed by atoms with Gasteiger partial charge >= 0.3 is 0 Å². The Morgan fingerprint density at radius 3 is 2.61 bits per heavy atom. The van der Waals surface area contributed by atoms with Crippen molar-refractivity contribution in [1.82, 2.24) is 14.7 Å². The first-order chi connectivity index (χ1) is 11.0. The first-order valence-electron chi connectivity index (χ1n) is 8.24. The third-order valence-corrected chi connectivity index (χ3v) is 6.06. The van der Waals surface area contributed by atoms with Crippen LogP contribution in [0.3, 0.4) is 0 Å². The number of nitrogens with two attached hydrogens (primary N) is 1. The molecule has 2 fully saturated rings. The normalized spacial score (nSPS) is 28.2. The fourth-order valence-electron chi connectivity index (χ4n) is 4.36. The number of rotatable bonds is 2. The van der Waals surface area contributed by atoms with E-state index in [0.717, 1.165) is 28.2 Å². The Kier molecular flexibility index (Phi) is 3.69. The zero-order valence-corrected chi connectivity index (χ0v) is 14.8. The molecule has 0 aliphatic carbocycles. The largest absolute Gasteiger partial charge is 0.364 e. The molecule has 2 atom stereocenters. The summed E-state index contributed by atoms with van der Waals surface area (Å²) in [7, 11) is 2.25. The zero-order valence-electron chi connectivity index (χ0n) is 13.2. The second-order valence-corrected chi connectivity index (χ2v) is 7.76. The van der Waals surface area contributed by atoms with E-state index in [9.17, 15) is 4.79 Å². The molecule has 2 unspecified atom stereocenters. The van der Waals surface area contributed by atoms with Crippen LogP contribution in [0.4, 0.5) is 0 Å². The van der Waals surface area contributed by atoms with Gasteiger partial charge in [-0.2, -0.15) is 5.10 Å². The van der Waals surface area contributed by atoms with Crippen LogP contribution in [0, 0.1) is 0 Å². The summed E-state index contributed by atoms with van der Waals surface area (Å²) in [6.45, 7) is 0. The average molecular weight is 377 g/mol. The minimum absolute atomic E-state index is 0.339. The minimum Gasteiger partial charge on any atom is -0.364 e. The Morgan fingerprint density at radius 2 is 1.96 bits per heavy atom. The predicted octanol–water partition coefficient (Wildman–Crippen LogP) is 3.09. The number of carbonyl (C=O) groups is 1. The molecule has 1 amide bonds. The SMILES string of the molecule is CN1C2CCCC1CC(n1nc(C(N)=O)c3ccc(Br)cc31)C2. The molecule has 6 heteroatoms. The van der Waals surface area contributed by atoms with Crippen molar-refractivity contribution >= 4 is 32.7 Å². The molecule has 0 radical (unpaired) electrons. The van der Waals surface area contributed by atoms with Gasteiger partial charge in [-0.25, -0.2) is 0 Å². The molecule has 5 nitrogen and oxygen atoms in total. The van der Waals surface area contributed by atoms with E-state index >= 15 is 0 Å². The summed E-state index contributed by atoms with van der Waals surface area (Å²) >= 11 is 3.53. The number of amides is 1. The number of fused-ring (bicyclic) bond motifs is 3. The number of piperidine rings is 2. The minimum atomic E-state index is -0.454. The molecule has 2 aromatic rings. The van der Waals surface area contributed by atoms with E-state index < -0.39 is 5.91 Å². The second kappa shape index (κ2) is 5.60. The predicted molar refractivity (Wildman–Crippen MR) is 93.4 cm³/mol. The topological polar surface area (TPSA) is 64.2 Å². The van der Waals surface area contributed by atoms with Crippen LogP contribution in [0.25, 0.3) is 10.9 Å². The van der Waals surface area contributed by atoms with Crippen LogP contribution in [-0.2, 0) is 0 Å². The molecule has 1 aromatic carbocycles. The van der Waals surface area contributed by atoms with E-state index in [4.69, 9.17) is 5.73 Å². The first kappa shape index (κ1) is 15.1. The maximum atomic E-state index is 11.8. The van der Waals surface area contributed by atoms with Gasteiger partial charge < -0.3 is 10.6 Å². The molecular formula is C17H21BrN4O. The number of hydrogen-bond acceptors (Lipinski definition) is 3. The molecule has 23 heavy (non-hydrogen) atoms. The number of hydrogen-bond donors (Lipinski definition) is 1. The summed E-state index contributed by atoms with van der Waals surface area (Å²) in [6, 6.07) is 7.49. The number of halogens is 1. The van der Waals surface area contributed by atoms with Crippen molar-refractivity contribution in [2.75, 3.05) is 7.05 Å². The fraction of sp³-hybridized carbons (Fsp3) is 0.529. The summed E-state index contributed by atoms with van der Waals surface area (Å²) in [5.41, 5.74) is 6.93. The Labute approximate surface area is 143 Å². The van der Waals surface area contributed by atoms with Crippen molar-refractivity contribution in [1.29, 1.82) is 0 Å². The van der Waals surface area contributed by atoms with Crippen LogP contribution < -0.4 is 5.73 Å². The Morgan fingerprint density at radius 1 is 1.26 bits per heavy atom. The van der Waals surface area contributed by atoms with Crippen LogP contribution >= 0.6 is 15.9 Å². The lowest BCUT2D eigenvalue weighted by atomic mass is 9.82. The second-order valence-electron chi connectivity index (χ2n) is 6.85. The summed E-state index contributed by atoms with van der Waals surface area (Å²) < 4.78 is 3.05. The maximum Gasteiger partial charge on any atom is 0.269 e. The van der Waals surface area contributed by atoms with Crippen LogP contribution in [0.1, 0.15) is 48.6 Å². The van der Waals surface area contributed by atoms with E-state index in [2.05, 4.69) is 37.7 Å². The van der Waals surface area contributed by atoms with Gasteiger partial charge in [0.15, 0.2) is 5.69 Å². The molecule has 4 rings (SSSR count). The number of benzene rings is 1. The van der Waals surface area contributed by atoms with Gasteiger partial charge in [-0.05, 0) is 50.9 Å². The number of carbonyl (C=O) groups excluding carboxylic acids is 1. The molecule has 0 saturated carbocycles. The summed E-state index contributed by atoms with van der Waals surface area (Å²) in [6.07, 6.45) is 6.03. The third kappa shape index (κ3) is 2.48. The van der Waals surface area contributed by atoms with Crippen molar-refractivity contribution in [3.05, 3.63) is 28.4 Å². The van der Waals surface area contributed by atoms with Gasteiger partial charge in [0, 0.05) is 21.9 Å². The lowest BCUT2D eigenvalue weighted by Gasteiger charge is -2.47. The highest BCUT2D eigenvalue weighted by atomic mass is 79.9. The zero-order chi connectivity index (χ0) is 16.1. The van der Waals surface area contributed by atoms with Gasteiger partial charge in [0.1, 0.15) is 0 Å². The van der Waals surface area contributed by atoms with E-state index in [1.807, 2.05) is 18.2 Å². The standard InChI is InChI=1S/C17H21BrN4O/c1-21-11-3-2-4-12(21)9-13(8-11)22-15-7-10(18)5-6-14(15)16(20-22)17(19)23/h5-7,11-13H,2-4,8-9H2,1H3,(H2,19,23). The molecule has 2 saturated heterocycles. The lowest BCUT2D eigenvalue weighted by Crippen LogP contribution is -2.50. The molecule has 3 heterocycles. The van der Waals surface area contributed by atoms with Crippen molar-refractivity contribution in [3.8, 4) is 0 Å². The third-order valence-electron chi connectivity index (χ3n) is 5.56. The molecule has 2 aliphatic rings. The van der Waals surface area contributed by atoms with Crippen LogP contribution in [0.2, 0.25) is 0 Å². The van der Waals surface area contributed by atoms with Crippen molar-refractivity contribution in [2.24, 2.45) is 5.73 Å². The van der Waals surface area contributed by atoms with Gasteiger partial charge in [-0.15, -0.1) is 0 Å². The molecule has 2 bridgehead atoms. The van der Waals surface area contributed by atoms with Crippen LogP contribution in [0.15, 0.2) is 22.7 Å². The van der Waals surface area contributed by atoms with Crippen molar-refractivity contribution in [2.45, 2.75) is 50.2 Å². The van der Waals surface area contributed by atoms with E-state index in [1.54, 1.807) is 0 Å². The van der Waals surface area contributed by atoms with Gasteiger partial charge in [0.2, 0.25) is 0 Å². The van der Waals surface area contributed by atoms with Gasteiger partial charge in [0.25, 0.3) is 5.91 Å². The summed E-state index contributed by atoms with van der Waals surface area (Å²) in [5.74, 6) is -0.454. The monoisotopic (exact) mass is 376 g/mol. The lowest BCUT2D eigenvalue weighted by molar-refractivity contribution is 0.0379. The van der Waals surface area contributed by atoms with Crippen LogP contribution in [0.5, 0.6) is 0 Å². The van der Waals surface area contributed by atoms with E-state index in [1.165, 1.54) is 19.3 Å². The van der Waals surface area contributed by atoms with E-state index in [-0.39, 0.29) is 0 Å². The van der Waals surface area contributed by atoms with Gasteiger partial charge in [0.05, 0.1) is 11.6 Å². The molecular weight excluding hydrogens is 356 g/mol. The Bertz CT molecular complexity index is 757. The molecule has 122 valence electrons. The number of aromatic nitrogens is 2. The van der Waals surface area contributed by atoms with E-state index in [0.29, 0.717) is 23.8 Å². The van der Waals surface area contributed by atoms with Gasteiger partial charge in [-0.3, -0.25) is 9.48 Å². The van der Waals surface area contributed by atoms with Crippen molar-refractivity contribution in [3.63, 3.8) is 0 Å². The van der Waals surface area contributed by atoms with Crippen molar-refractivity contribution < 1.29 is 4.79 Å². The maximum absolute atomic E-state index is 11.8. The molecule has 2 N–H and O–H groups in total. The first-order valence-corrected chi connectivity index (χ1v) is 9.03. The summed E-state index contributed by atoms with van der Waals surface area (Å²) in [5, 5.41) is 5.46.